The van der Waals surface area contributed by atoms with Gasteiger partial charge in [0.25, 0.3) is 0 Å². The largest absolute Gasteiger partial charge is 0.343 e. The molecule has 0 spiro atoms. The number of nitrogens with zero attached hydrogens (tertiary/aromatic N) is 1. The normalized spacial score (nSPS) is 15.9. The third-order valence-electron chi connectivity index (χ3n) is 3.91. The quantitative estimate of drug-likeness (QED) is 0.929. The van der Waals surface area contributed by atoms with E-state index >= 15 is 0 Å². The summed E-state index contributed by atoms with van der Waals surface area (Å²) in [4.78, 5) is 26.0. The summed E-state index contributed by atoms with van der Waals surface area (Å²) in [5, 5.41) is 2.81. The number of halogens is 1. The molecule has 0 atom stereocenters. The average Bonchev–Trinajstić information content (AvgIpc) is 2.49. The maximum absolute atomic E-state index is 12.8. The first-order valence-corrected chi connectivity index (χ1v) is 7.80. The van der Waals surface area contributed by atoms with Gasteiger partial charge in [0, 0.05) is 31.1 Å². The van der Waals surface area contributed by atoms with Gasteiger partial charge in [0.2, 0.25) is 11.8 Å². The molecular formula is C17H23FN2O2. The number of rotatable bonds is 4. The number of hydrogen-bond donors (Lipinski definition) is 1. The maximum atomic E-state index is 12.8. The Balaban J connectivity index is 1.82. The molecule has 0 unspecified atom stereocenters. The van der Waals surface area contributed by atoms with E-state index in [1.807, 2.05) is 18.7 Å². The van der Waals surface area contributed by atoms with Crippen molar-refractivity contribution in [2.45, 2.75) is 33.1 Å². The van der Waals surface area contributed by atoms with Crippen LogP contribution in [0.25, 0.3) is 0 Å². The van der Waals surface area contributed by atoms with Crippen molar-refractivity contribution in [1.82, 2.24) is 4.90 Å². The van der Waals surface area contributed by atoms with E-state index in [-0.39, 0.29) is 23.5 Å². The molecule has 1 aromatic carbocycles. The van der Waals surface area contributed by atoms with Gasteiger partial charge in [0.05, 0.1) is 0 Å². The topological polar surface area (TPSA) is 49.4 Å². The Kier molecular flexibility index (Phi) is 5.52. The molecule has 22 heavy (non-hydrogen) atoms. The lowest BCUT2D eigenvalue weighted by Gasteiger charge is -2.31. The Morgan fingerprint density at radius 3 is 2.36 bits per heavy atom. The zero-order valence-electron chi connectivity index (χ0n) is 13.1. The number of likely N-dealkylation sites (tertiary alicyclic amines) is 1. The second kappa shape index (κ2) is 7.38. The van der Waals surface area contributed by atoms with Gasteiger partial charge < -0.3 is 10.2 Å². The molecule has 5 heteroatoms. The fourth-order valence-electron chi connectivity index (χ4n) is 2.65. The molecule has 1 saturated heterocycles. The van der Waals surface area contributed by atoms with Gasteiger partial charge >= 0.3 is 0 Å². The summed E-state index contributed by atoms with van der Waals surface area (Å²) < 4.78 is 12.8. The second-order valence-corrected chi connectivity index (χ2v) is 6.25. The molecule has 0 bridgehead atoms. The highest BCUT2D eigenvalue weighted by Crippen LogP contribution is 2.21. The Labute approximate surface area is 130 Å². The number of carbonyl (C=O) groups excluding carboxylic acids is 2. The summed E-state index contributed by atoms with van der Waals surface area (Å²) in [7, 11) is 0. The van der Waals surface area contributed by atoms with Crippen LogP contribution in [0.4, 0.5) is 10.1 Å². The Morgan fingerprint density at radius 1 is 1.23 bits per heavy atom. The van der Waals surface area contributed by atoms with Crippen molar-refractivity contribution in [3.05, 3.63) is 30.1 Å². The zero-order chi connectivity index (χ0) is 16.1. The molecule has 1 aliphatic heterocycles. The fourth-order valence-corrected chi connectivity index (χ4v) is 2.65. The molecule has 4 nitrogen and oxygen atoms in total. The van der Waals surface area contributed by atoms with E-state index in [0.29, 0.717) is 44.0 Å². The summed E-state index contributed by atoms with van der Waals surface area (Å²) in [6.07, 6.45) is 1.92. The van der Waals surface area contributed by atoms with Crippen LogP contribution in [0.5, 0.6) is 0 Å². The highest BCUT2D eigenvalue weighted by Gasteiger charge is 2.27. The zero-order valence-corrected chi connectivity index (χ0v) is 13.1. The van der Waals surface area contributed by atoms with Gasteiger partial charge in [-0.1, -0.05) is 13.8 Å². The first-order valence-electron chi connectivity index (χ1n) is 7.80. The number of amides is 2. The van der Waals surface area contributed by atoms with Crippen LogP contribution < -0.4 is 5.32 Å². The van der Waals surface area contributed by atoms with Gasteiger partial charge in [-0.25, -0.2) is 4.39 Å². The molecule has 1 fully saturated rings. The van der Waals surface area contributed by atoms with Crippen LogP contribution in [0.15, 0.2) is 24.3 Å². The standard InChI is InChI=1S/C17H23FN2O2/c1-12(2)11-16(21)20-9-7-13(8-10-20)17(22)19-15-5-3-14(18)4-6-15/h3-6,12-13H,7-11H2,1-2H3,(H,19,22). The molecule has 2 rings (SSSR count). The number of carbonyl (C=O) groups is 2. The summed E-state index contributed by atoms with van der Waals surface area (Å²) in [6, 6.07) is 5.74. The number of anilines is 1. The lowest BCUT2D eigenvalue weighted by molar-refractivity contribution is -0.135. The predicted octanol–water partition coefficient (Wildman–Crippen LogP) is 3.05. The van der Waals surface area contributed by atoms with Gasteiger partial charge in [-0.3, -0.25) is 9.59 Å². The number of benzene rings is 1. The van der Waals surface area contributed by atoms with E-state index in [0.717, 1.165) is 0 Å². The lowest BCUT2D eigenvalue weighted by Crippen LogP contribution is -2.41. The number of nitrogens with one attached hydrogen (secondary N) is 1. The van der Waals surface area contributed by atoms with Gasteiger partial charge in [-0.05, 0) is 43.0 Å². The van der Waals surface area contributed by atoms with Crippen molar-refractivity contribution >= 4 is 17.5 Å². The first-order chi connectivity index (χ1) is 10.5. The minimum absolute atomic E-state index is 0.0532. The van der Waals surface area contributed by atoms with Crippen LogP contribution in [-0.2, 0) is 9.59 Å². The van der Waals surface area contributed by atoms with E-state index in [4.69, 9.17) is 0 Å². The summed E-state index contributed by atoms with van der Waals surface area (Å²) in [6.45, 7) is 5.32. The Morgan fingerprint density at radius 2 is 1.82 bits per heavy atom. The van der Waals surface area contributed by atoms with Crippen molar-refractivity contribution in [2.24, 2.45) is 11.8 Å². The fraction of sp³-hybridized carbons (Fsp3) is 0.529. The highest BCUT2D eigenvalue weighted by atomic mass is 19.1. The van der Waals surface area contributed by atoms with Crippen LogP contribution in [-0.4, -0.2) is 29.8 Å². The molecule has 0 saturated carbocycles. The van der Waals surface area contributed by atoms with E-state index in [1.54, 1.807) is 12.1 Å². The molecule has 1 heterocycles. The van der Waals surface area contributed by atoms with Gasteiger partial charge in [-0.15, -0.1) is 0 Å². The summed E-state index contributed by atoms with van der Waals surface area (Å²) in [5.74, 6) is 0.0603. The number of piperidine rings is 1. The van der Waals surface area contributed by atoms with Gasteiger partial charge in [0.15, 0.2) is 0 Å². The van der Waals surface area contributed by atoms with Gasteiger partial charge in [0.1, 0.15) is 5.82 Å². The van der Waals surface area contributed by atoms with Crippen LogP contribution >= 0.6 is 0 Å². The molecular weight excluding hydrogens is 283 g/mol. The van der Waals surface area contributed by atoms with Gasteiger partial charge in [-0.2, -0.15) is 0 Å². The van der Waals surface area contributed by atoms with Crippen molar-refractivity contribution in [2.75, 3.05) is 18.4 Å². The molecule has 120 valence electrons. The lowest BCUT2D eigenvalue weighted by atomic mass is 9.95. The SMILES string of the molecule is CC(C)CC(=O)N1CCC(C(=O)Nc2ccc(F)cc2)CC1. The predicted molar refractivity (Wildman–Crippen MR) is 83.8 cm³/mol. The molecule has 1 aliphatic rings. The van der Waals surface area contributed by atoms with Crippen LogP contribution in [0.1, 0.15) is 33.1 Å². The Bertz CT molecular complexity index is 520. The van der Waals surface area contributed by atoms with Crippen molar-refractivity contribution in [3.63, 3.8) is 0 Å². The highest BCUT2D eigenvalue weighted by molar-refractivity contribution is 5.92. The molecule has 1 N–H and O–H groups in total. The first kappa shape index (κ1) is 16.5. The third kappa shape index (κ3) is 4.55. The van der Waals surface area contributed by atoms with Crippen LogP contribution in [0.2, 0.25) is 0 Å². The smallest absolute Gasteiger partial charge is 0.227 e. The van der Waals surface area contributed by atoms with Crippen LogP contribution in [0.3, 0.4) is 0 Å². The minimum Gasteiger partial charge on any atom is -0.343 e. The van der Waals surface area contributed by atoms with Crippen LogP contribution in [0, 0.1) is 17.7 Å². The van der Waals surface area contributed by atoms with Crippen molar-refractivity contribution < 1.29 is 14.0 Å². The monoisotopic (exact) mass is 306 g/mol. The van der Waals surface area contributed by atoms with E-state index in [2.05, 4.69) is 5.32 Å². The summed E-state index contributed by atoms with van der Waals surface area (Å²) >= 11 is 0. The van der Waals surface area contributed by atoms with Crippen molar-refractivity contribution in [1.29, 1.82) is 0 Å². The average molecular weight is 306 g/mol. The molecule has 0 aliphatic carbocycles. The molecule has 2 amide bonds. The Hall–Kier alpha value is -1.91. The molecule has 0 radical (unpaired) electrons. The minimum atomic E-state index is -0.324. The van der Waals surface area contributed by atoms with E-state index in [9.17, 15) is 14.0 Å². The van der Waals surface area contributed by atoms with Crippen molar-refractivity contribution in [3.8, 4) is 0 Å². The molecule has 0 aromatic heterocycles. The van der Waals surface area contributed by atoms with E-state index in [1.165, 1.54) is 12.1 Å². The van der Waals surface area contributed by atoms with E-state index < -0.39 is 0 Å². The second-order valence-electron chi connectivity index (χ2n) is 6.25. The number of hydrogen-bond acceptors (Lipinski definition) is 2. The molecule has 1 aromatic rings. The summed E-state index contributed by atoms with van der Waals surface area (Å²) in [5.41, 5.74) is 0.602. The third-order valence-corrected chi connectivity index (χ3v) is 3.91. The maximum Gasteiger partial charge on any atom is 0.227 e.